The van der Waals surface area contributed by atoms with Crippen molar-refractivity contribution in [2.45, 2.75) is 51.9 Å². The molecular weight excluding hydrogens is 441 g/mol. The summed E-state index contributed by atoms with van der Waals surface area (Å²) in [7, 11) is 0. The van der Waals surface area contributed by atoms with E-state index in [9.17, 15) is 19.1 Å². The Morgan fingerprint density at radius 1 is 1.09 bits per heavy atom. The van der Waals surface area contributed by atoms with Crippen molar-refractivity contribution < 1.29 is 28.6 Å². The van der Waals surface area contributed by atoms with E-state index in [1.54, 1.807) is 39.0 Å². The minimum Gasteiger partial charge on any atom is -0.474 e. The second-order valence-electron chi connectivity index (χ2n) is 10.4. The van der Waals surface area contributed by atoms with Gasteiger partial charge in [0.15, 0.2) is 0 Å². The number of fused-ring (bicyclic) bond motifs is 1. The Balaban J connectivity index is 1.60. The molecule has 2 heterocycles. The number of rotatable bonds is 5. The highest BCUT2D eigenvalue weighted by Gasteiger charge is 2.59. The van der Waals surface area contributed by atoms with Gasteiger partial charge in [-0.25, -0.2) is 19.0 Å². The fourth-order valence-corrected chi connectivity index (χ4v) is 4.27. The standard InChI is InChI=1S/C25H30FN3O5/c1-24(2,3)34-22(30)28-25(4,5)15-10-19(14-6-8-16(26)9-7-14)27-20(11-15)33-21-17-12-29(23(31)32)13-18(17)21/h6-11,17-18,21H,12-13H2,1-5H3,(H,28,30)(H,31,32)/t17-,18+,21-. The zero-order chi connectivity index (χ0) is 24.8. The van der Waals surface area contributed by atoms with Crippen molar-refractivity contribution >= 4 is 12.2 Å². The SMILES string of the molecule is CC(C)(C)OC(=O)NC(C)(C)c1cc(O[C@@H]2[C@@H]3CN(C(=O)O)C[C@@H]32)nc(-c2ccc(F)cc2)c1. The Bertz CT molecular complexity index is 1080. The van der Waals surface area contributed by atoms with Crippen LogP contribution in [0.5, 0.6) is 5.88 Å². The molecule has 8 nitrogen and oxygen atoms in total. The molecule has 1 saturated heterocycles. The number of pyridine rings is 1. The zero-order valence-corrected chi connectivity index (χ0v) is 20.0. The van der Waals surface area contributed by atoms with Gasteiger partial charge in [0.1, 0.15) is 17.5 Å². The van der Waals surface area contributed by atoms with E-state index in [1.165, 1.54) is 17.0 Å². The van der Waals surface area contributed by atoms with E-state index in [-0.39, 0.29) is 23.8 Å². The average molecular weight is 472 g/mol. The van der Waals surface area contributed by atoms with E-state index in [0.717, 1.165) is 5.56 Å². The molecule has 0 bridgehead atoms. The number of halogens is 1. The highest BCUT2D eigenvalue weighted by molar-refractivity contribution is 5.70. The van der Waals surface area contributed by atoms with E-state index in [2.05, 4.69) is 10.3 Å². The first-order valence-corrected chi connectivity index (χ1v) is 11.3. The van der Waals surface area contributed by atoms with Crippen molar-refractivity contribution in [3.05, 3.63) is 47.8 Å². The second kappa shape index (κ2) is 8.45. The van der Waals surface area contributed by atoms with Gasteiger partial charge in [0.05, 0.1) is 11.2 Å². The molecule has 34 heavy (non-hydrogen) atoms. The summed E-state index contributed by atoms with van der Waals surface area (Å²) >= 11 is 0. The summed E-state index contributed by atoms with van der Waals surface area (Å²) in [6, 6.07) is 9.59. The molecule has 2 fully saturated rings. The molecule has 2 aromatic rings. The molecule has 182 valence electrons. The van der Waals surface area contributed by atoms with Gasteiger partial charge in [-0.1, -0.05) is 0 Å². The highest BCUT2D eigenvalue weighted by Crippen LogP contribution is 2.48. The molecule has 1 aliphatic carbocycles. The van der Waals surface area contributed by atoms with E-state index in [1.807, 2.05) is 19.9 Å². The first kappa shape index (κ1) is 23.8. The van der Waals surface area contributed by atoms with Gasteiger partial charge in [0.2, 0.25) is 5.88 Å². The number of benzene rings is 1. The lowest BCUT2D eigenvalue weighted by atomic mass is 9.93. The largest absolute Gasteiger partial charge is 0.474 e. The third kappa shape index (κ3) is 5.24. The van der Waals surface area contributed by atoms with E-state index >= 15 is 0 Å². The van der Waals surface area contributed by atoms with Gasteiger partial charge >= 0.3 is 12.2 Å². The lowest BCUT2D eigenvalue weighted by Crippen LogP contribution is -2.43. The van der Waals surface area contributed by atoms with Crippen LogP contribution in [-0.2, 0) is 10.3 Å². The quantitative estimate of drug-likeness (QED) is 0.659. The van der Waals surface area contributed by atoms with Crippen LogP contribution < -0.4 is 10.1 Å². The third-order valence-electron chi connectivity index (χ3n) is 6.12. The molecule has 0 radical (unpaired) electrons. The number of likely N-dealkylation sites (tertiary alicyclic amines) is 1. The van der Waals surface area contributed by atoms with Gasteiger partial charge in [-0.3, -0.25) is 0 Å². The lowest BCUT2D eigenvalue weighted by Gasteiger charge is -2.29. The molecule has 1 saturated carbocycles. The van der Waals surface area contributed by atoms with Crippen LogP contribution in [0.3, 0.4) is 0 Å². The van der Waals surface area contributed by atoms with Gasteiger partial charge in [-0.15, -0.1) is 0 Å². The molecule has 0 unspecified atom stereocenters. The van der Waals surface area contributed by atoms with Crippen molar-refractivity contribution in [1.29, 1.82) is 0 Å². The number of alkyl carbamates (subject to hydrolysis) is 1. The van der Waals surface area contributed by atoms with E-state index < -0.39 is 23.3 Å². The molecule has 0 spiro atoms. The van der Waals surface area contributed by atoms with E-state index in [4.69, 9.17) is 9.47 Å². The number of nitrogens with zero attached hydrogens (tertiary/aromatic N) is 2. The summed E-state index contributed by atoms with van der Waals surface area (Å²) in [6.07, 6.45) is -1.58. The molecule has 2 N–H and O–H groups in total. The first-order chi connectivity index (χ1) is 15.8. The molecule has 2 aliphatic rings. The molecule has 1 aromatic heterocycles. The number of hydrogen-bond acceptors (Lipinski definition) is 5. The van der Waals surface area contributed by atoms with Crippen LogP contribution >= 0.6 is 0 Å². The Labute approximate surface area is 198 Å². The Morgan fingerprint density at radius 2 is 1.71 bits per heavy atom. The number of carbonyl (C=O) groups is 2. The summed E-state index contributed by atoms with van der Waals surface area (Å²) in [5.41, 5.74) is 0.552. The molecular formula is C25H30FN3O5. The average Bonchev–Trinajstić information content (AvgIpc) is 3.14. The summed E-state index contributed by atoms with van der Waals surface area (Å²) in [5.74, 6) is 0.307. The normalized spacial score (nSPS) is 21.6. The van der Waals surface area contributed by atoms with Crippen LogP contribution in [0.4, 0.5) is 14.0 Å². The second-order valence-corrected chi connectivity index (χ2v) is 10.4. The topological polar surface area (TPSA) is 101 Å². The van der Waals surface area contributed by atoms with Crippen molar-refractivity contribution in [2.75, 3.05) is 13.1 Å². The first-order valence-electron chi connectivity index (χ1n) is 11.3. The van der Waals surface area contributed by atoms with Gasteiger partial charge in [0.25, 0.3) is 0 Å². The number of nitrogens with one attached hydrogen (secondary N) is 1. The minimum absolute atomic E-state index is 0.110. The number of amides is 2. The van der Waals surface area contributed by atoms with Gasteiger partial charge in [0, 0.05) is 36.6 Å². The van der Waals surface area contributed by atoms with Crippen molar-refractivity contribution in [1.82, 2.24) is 15.2 Å². The number of carboxylic acid groups (broad SMARTS) is 1. The number of carbonyl (C=O) groups excluding carboxylic acids is 1. The minimum atomic E-state index is -0.917. The Morgan fingerprint density at radius 3 is 2.26 bits per heavy atom. The van der Waals surface area contributed by atoms with Crippen LogP contribution in [0, 0.1) is 17.7 Å². The predicted octanol–water partition coefficient (Wildman–Crippen LogP) is 4.63. The lowest BCUT2D eigenvalue weighted by molar-refractivity contribution is 0.0470. The third-order valence-corrected chi connectivity index (χ3v) is 6.12. The predicted molar refractivity (Wildman–Crippen MR) is 123 cm³/mol. The molecule has 1 aromatic carbocycles. The van der Waals surface area contributed by atoms with E-state index in [0.29, 0.717) is 30.2 Å². The molecule has 3 atom stereocenters. The maximum atomic E-state index is 13.5. The highest BCUT2D eigenvalue weighted by atomic mass is 19.1. The number of aromatic nitrogens is 1. The van der Waals surface area contributed by atoms with Crippen molar-refractivity contribution in [3.63, 3.8) is 0 Å². The number of ether oxygens (including phenoxy) is 2. The van der Waals surface area contributed by atoms with Gasteiger partial charge in [-0.05, 0) is 70.5 Å². The number of piperidine rings is 1. The Kier molecular flexibility index (Phi) is 5.91. The molecule has 9 heteroatoms. The summed E-state index contributed by atoms with van der Waals surface area (Å²) < 4.78 is 25.1. The fourth-order valence-electron chi connectivity index (χ4n) is 4.27. The maximum Gasteiger partial charge on any atom is 0.408 e. The van der Waals surface area contributed by atoms with Crippen LogP contribution in [0.15, 0.2) is 36.4 Å². The fraction of sp³-hybridized carbons (Fsp3) is 0.480. The molecule has 4 rings (SSSR count). The molecule has 1 aliphatic heterocycles. The molecule has 2 amide bonds. The van der Waals surface area contributed by atoms with Crippen molar-refractivity contribution in [3.8, 4) is 17.1 Å². The summed E-state index contributed by atoms with van der Waals surface area (Å²) in [6.45, 7) is 9.97. The Hall–Kier alpha value is -3.36. The zero-order valence-electron chi connectivity index (χ0n) is 20.0. The van der Waals surface area contributed by atoms with Crippen LogP contribution in [0.1, 0.15) is 40.2 Å². The van der Waals surface area contributed by atoms with Crippen LogP contribution in [-0.4, -0.2) is 52.0 Å². The smallest absolute Gasteiger partial charge is 0.408 e. The van der Waals surface area contributed by atoms with Crippen LogP contribution in [0.2, 0.25) is 0 Å². The summed E-state index contributed by atoms with van der Waals surface area (Å²) in [5, 5.41) is 12.1. The van der Waals surface area contributed by atoms with Gasteiger partial charge < -0.3 is 24.8 Å². The summed E-state index contributed by atoms with van der Waals surface area (Å²) in [4.78, 5) is 29.7. The monoisotopic (exact) mass is 471 g/mol. The van der Waals surface area contributed by atoms with Crippen LogP contribution in [0.25, 0.3) is 11.3 Å². The van der Waals surface area contributed by atoms with Gasteiger partial charge in [-0.2, -0.15) is 0 Å². The maximum absolute atomic E-state index is 13.5. The number of hydrogen-bond donors (Lipinski definition) is 2. The van der Waals surface area contributed by atoms with Crippen molar-refractivity contribution in [2.24, 2.45) is 11.8 Å².